The predicted molar refractivity (Wildman–Crippen MR) is 64.1 cm³/mol. The van der Waals surface area contributed by atoms with E-state index in [0.717, 1.165) is 18.3 Å². The van der Waals surface area contributed by atoms with Crippen LogP contribution in [0.15, 0.2) is 24.3 Å². The van der Waals surface area contributed by atoms with Crippen molar-refractivity contribution in [3.05, 3.63) is 35.4 Å². The average molecular weight is 204 g/mol. The quantitative estimate of drug-likeness (QED) is 0.671. The fourth-order valence-electron chi connectivity index (χ4n) is 1.55. The van der Waals surface area contributed by atoms with Gasteiger partial charge in [-0.25, -0.2) is 0 Å². The molecule has 0 heterocycles. The van der Waals surface area contributed by atoms with Gasteiger partial charge in [-0.05, 0) is 37.8 Å². The van der Waals surface area contributed by atoms with Gasteiger partial charge in [0.1, 0.15) is 6.29 Å². The summed E-state index contributed by atoms with van der Waals surface area (Å²) in [7, 11) is 0. The summed E-state index contributed by atoms with van der Waals surface area (Å²) in [5.74, 6) is 0. The molecule has 0 spiro atoms. The van der Waals surface area contributed by atoms with Crippen molar-refractivity contribution in [3.8, 4) is 0 Å². The monoisotopic (exact) mass is 204 g/mol. The highest BCUT2D eigenvalue weighted by Crippen LogP contribution is 2.21. The smallest absolute Gasteiger partial charge is 0.129 e. The molecule has 1 rings (SSSR count). The summed E-state index contributed by atoms with van der Waals surface area (Å²) in [6, 6.07) is 8.41. The first-order chi connectivity index (χ1) is 7.10. The predicted octanol–water partition coefficient (Wildman–Crippen LogP) is 3.51. The van der Waals surface area contributed by atoms with Crippen molar-refractivity contribution in [1.82, 2.24) is 0 Å². The molecular weight excluding hydrogens is 184 g/mol. The van der Waals surface area contributed by atoms with Crippen molar-refractivity contribution in [2.75, 3.05) is 0 Å². The van der Waals surface area contributed by atoms with Crippen LogP contribution in [0.5, 0.6) is 0 Å². The minimum absolute atomic E-state index is 0.358. The zero-order valence-electron chi connectivity index (χ0n) is 9.92. The van der Waals surface area contributed by atoms with E-state index >= 15 is 0 Å². The molecule has 0 N–H and O–H groups in total. The number of unbranched alkanes of at least 4 members (excludes halogenated alkanes) is 1. The van der Waals surface area contributed by atoms with Gasteiger partial charge in [0.15, 0.2) is 0 Å². The third-order valence-corrected chi connectivity index (χ3v) is 2.81. The first kappa shape index (κ1) is 12.0. The molecule has 1 aromatic rings. The summed E-state index contributed by atoms with van der Waals surface area (Å²) in [6.45, 7) is 6.09. The van der Waals surface area contributed by atoms with Gasteiger partial charge >= 0.3 is 0 Å². The zero-order chi connectivity index (χ0) is 11.3. The summed E-state index contributed by atoms with van der Waals surface area (Å²) < 4.78 is 0. The number of aldehydes is 1. The van der Waals surface area contributed by atoms with Crippen molar-refractivity contribution in [2.24, 2.45) is 0 Å². The lowest BCUT2D eigenvalue weighted by Crippen LogP contribution is -2.18. The van der Waals surface area contributed by atoms with Crippen molar-refractivity contribution in [2.45, 2.75) is 45.4 Å². The molecule has 0 saturated carbocycles. The molecule has 82 valence electrons. The zero-order valence-corrected chi connectivity index (χ0v) is 9.92. The van der Waals surface area contributed by atoms with Crippen LogP contribution in [0.1, 0.15) is 44.7 Å². The topological polar surface area (TPSA) is 17.1 Å². The van der Waals surface area contributed by atoms with Crippen molar-refractivity contribution < 1.29 is 4.79 Å². The Bertz CT molecular complexity index is 309. The number of benzene rings is 1. The Morgan fingerprint density at radius 1 is 1.20 bits per heavy atom. The fourth-order valence-corrected chi connectivity index (χ4v) is 1.55. The number of rotatable bonds is 5. The molecule has 0 aliphatic heterocycles. The van der Waals surface area contributed by atoms with Gasteiger partial charge in [0, 0.05) is 5.41 Å². The third-order valence-electron chi connectivity index (χ3n) is 2.81. The summed E-state index contributed by atoms with van der Waals surface area (Å²) in [5, 5.41) is 0. The molecule has 0 unspecified atom stereocenters. The van der Waals surface area contributed by atoms with E-state index in [2.05, 4.69) is 31.2 Å². The molecule has 1 aromatic carbocycles. The van der Waals surface area contributed by atoms with E-state index in [0.29, 0.717) is 0 Å². The summed E-state index contributed by atoms with van der Waals surface area (Å²) >= 11 is 0. The third kappa shape index (κ3) is 3.19. The molecule has 0 aliphatic rings. The van der Waals surface area contributed by atoms with Crippen LogP contribution in [-0.2, 0) is 16.6 Å². The van der Waals surface area contributed by atoms with Crippen LogP contribution in [0.25, 0.3) is 0 Å². The molecule has 0 saturated heterocycles. The molecule has 0 fully saturated rings. The Balaban J connectivity index is 2.76. The van der Waals surface area contributed by atoms with E-state index in [9.17, 15) is 4.79 Å². The van der Waals surface area contributed by atoms with Crippen LogP contribution in [-0.4, -0.2) is 6.29 Å². The van der Waals surface area contributed by atoms with Gasteiger partial charge in [-0.3, -0.25) is 0 Å². The van der Waals surface area contributed by atoms with Crippen LogP contribution in [0, 0.1) is 0 Å². The van der Waals surface area contributed by atoms with E-state index in [4.69, 9.17) is 0 Å². The van der Waals surface area contributed by atoms with E-state index < -0.39 is 0 Å². The molecule has 0 radical (unpaired) electrons. The first-order valence-corrected chi connectivity index (χ1v) is 5.66. The highest BCUT2D eigenvalue weighted by atomic mass is 16.1. The van der Waals surface area contributed by atoms with Gasteiger partial charge in [-0.1, -0.05) is 37.6 Å². The lowest BCUT2D eigenvalue weighted by Gasteiger charge is -2.17. The Hall–Kier alpha value is -1.11. The molecule has 0 amide bonds. The Morgan fingerprint density at radius 2 is 1.80 bits per heavy atom. The number of carbonyl (C=O) groups is 1. The second kappa shape index (κ2) is 5.11. The van der Waals surface area contributed by atoms with Gasteiger partial charge in [-0.2, -0.15) is 0 Å². The standard InChI is InChI=1S/C14H20O/c1-4-5-6-12-7-9-13(10-8-12)14(2,3)11-15/h7-11H,4-6H2,1-3H3. The van der Waals surface area contributed by atoms with Crippen LogP contribution in [0.4, 0.5) is 0 Å². The minimum Gasteiger partial charge on any atom is -0.302 e. The maximum Gasteiger partial charge on any atom is 0.129 e. The van der Waals surface area contributed by atoms with Gasteiger partial charge in [0.25, 0.3) is 0 Å². The van der Waals surface area contributed by atoms with Crippen LogP contribution < -0.4 is 0 Å². The first-order valence-electron chi connectivity index (χ1n) is 5.66. The Kier molecular flexibility index (Phi) is 4.07. The fraction of sp³-hybridized carbons (Fsp3) is 0.500. The lowest BCUT2D eigenvalue weighted by molar-refractivity contribution is -0.111. The number of hydrogen-bond donors (Lipinski definition) is 0. The van der Waals surface area contributed by atoms with Crippen LogP contribution >= 0.6 is 0 Å². The summed E-state index contributed by atoms with van der Waals surface area (Å²) in [4.78, 5) is 10.9. The van der Waals surface area contributed by atoms with Gasteiger partial charge in [0.05, 0.1) is 0 Å². The maximum absolute atomic E-state index is 10.9. The second-order valence-corrected chi connectivity index (χ2v) is 4.64. The van der Waals surface area contributed by atoms with Crippen molar-refractivity contribution in [3.63, 3.8) is 0 Å². The lowest BCUT2D eigenvalue weighted by atomic mass is 9.86. The minimum atomic E-state index is -0.358. The Morgan fingerprint density at radius 3 is 2.27 bits per heavy atom. The molecule has 0 aliphatic carbocycles. The van der Waals surface area contributed by atoms with Crippen molar-refractivity contribution in [1.29, 1.82) is 0 Å². The summed E-state index contributed by atoms with van der Waals surface area (Å²) in [5.41, 5.74) is 2.10. The number of aryl methyl sites for hydroxylation is 1. The van der Waals surface area contributed by atoms with E-state index in [1.165, 1.54) is 18.4 Å². The van der Waals surface area contributed by atoms with E-state index in [-0.39, 0.29) is 5.41 Å². The van der Waals surface area contributed by atoms with Gasteiger partial charge in [-0.15, -0.1) is 0 Å². The number of hydrogen-bond acceptors (Lipinski definition) is 1. The summed E-state index contributed by atoms with van der Waals surface area (Å²) in [6.07, 6.45) is 4.60. The Labute approximate surface area is 92.5 Å². The normalized spacial score (nSPS) is 11.4. The van der Waals surface area contributed by atoms with E-state index in [1.54, 1.807) is 0 Å². The maximum atomic E-state index is 10.9. The molecule has 0 atom stereocenters. The van der Waals surface area contributed by atoms with Gasteiger partial charge < -0.3 is 4.79 Å². The second-order valence-electron chi connectivity index (χ2n) is 4.64. The molecule has 1 heteroatoms. The average Bonchev–Trinajstić information content (AvgIpc) is 2.27. The van der Waals surface area contributed by atoms with Crippen molar-refractivity contribution >= 4 is 6.29 Å². The molecule has 0 bridgehead atoms. The van der Waals surface area contributed by atoms with Gasteiger partial charge in [0.2, 0.25) is 0 Å². The number of carbonyl (C=O) groups excluding carboxylic acids is 1. The molecular formula is C14H20O. The SMILES string of the molecule is CCCCc1ccc(C(C)(C)C=O)cc1. The highest BCUT2D eigenvalue weighted by Gasteiger charge is 2.18. The largest absolute Gasteiger partial charge is 0.302 e. The molecule has 15 heavy (non-hydrogen) atoms. The molecule has 0 aromatic heterocycles. The van der Waals surface area contributed by atoms with E-state index in [1.807, 2.05) is 13.8 Å². The van der Waals surface area contributed by atoms with Crippen LogP contribution in [0.3, 0.4) is 0 Å². The highest BCUT2D eigenvalue weighted by molar-refractivity contribution is 5.67. The van der Waals surface area contributed by atoms with Crippen LogP contribution in [0.2, 0.25) is 0 Å². The molecule has 1 nitrogen and oxygen atoms in total.